The summed E-state index contributed by atoms with van der Waals surface area (Å²) in [7, 11) is 1.72. The van der Waals surface area contributed by atoms with Gasteiger partial charge in [-0.3, -0.25) is 0 Å². The summed E-state index contributed by atoms with van der Waals surface area (Å²) in [6.45, 7) is 0.559. The van der Waals surface area contributed by atoms with Crippen LogP contribution in [0.3, 0.4) is 0 Å². The molecule has 0 aromatic carbocycles. The van der Waals surface area contributed by atoms with Crippen LogP contribution in [-0.2, 0) is 13.6 Å². The van der Waals surface area contributed by atoms with Crippen LogP contribution in [0.1, 0.15) is 31.4 Å². The van der Waals surface area contributed by atoms with Gasteiger partial charge in [0.2, 0.25) is 5.69 Å². The zero-order valence-corrected chi connectivity index (χ0v) is 8.32. The van der Waals surface area contributed by atoms with Gasteiger partial charge in [-0.25, -0.2) is 0 Å². The second kappa shape index (κ2) is 3.96. The molecular weight excluding hydrogens is 182 g/mol. The van der Waals surface area contributed by atoms with Crippen LogP contribution in [0.2, 0.25) is 0 Å². The van der Waals surface area contributed by atoms with E-state index in [4.69, 9.17) is 0 Å². The van der Waals surface area contributed by atoms with E-state index in [1.54, 1.807) is 7.05 Å². The SMILES string of the molecule is C[n+]1noc([O-])c1CNC1CCCC1. The fourth-order valence-electron chi connectivity index (χ4n) is 1.89. The van der Waals surface area contributed by atoms with Gasteiger partial charge in [0.25, 0.3) is 0 Å². The van der Waals surface area contributed by atoms with Gasteiger partial charge in [-0.1, -0.05) is 17.5 Å². The van der Waals surface area contributed by atoms with Crippen LogP contribution in [0.25, 0.3) is 0 Å². The zero-order chi connectivity index (χ0) is 9.97. The van der Waals surface area contributed by atoms with Crippen LogP contribution in [0, 0.1) is 0 Å². The molecule has 78 valence electrons. The van der Waals surface area contributed by atoms with Crippen molar-refractivity contribution in [2.45, 2.75) is 38.3 Å². The van der Waals surface area contributed by atoms with Crippen LogP contribution in [-0.4, -0.2) is 11.3 Å². The third kappa shape index (κ3) is 1.87. The first-order valence-corrected chi connectivity index (χ1v) is 5.02. The van der Waals surface area contributed by atoms with Gasteiger partial charge >= 0.3 is 0 Å². The minimum absolute atomic E-state index is 0.335. The van der Waals surface area contributed by atoms with E-state index in [1.807, 2.05) is 0 Å². The van der Waals surface area contributed by atoms with Crippen LogP contribution in [0.5, 0.6) is 5.95 Å². The third-order valence-corrected chi connectivity index (χ3v) is 2.79. The first-order valence-electron chi connectivity index (χ1n) is 5.02. The summed E-state index contributed by atoms with van der Waals surface area (Å²) in [4.78, 5) is 0. The van der Waals surface area contributed by atoms with Crippen molar-refractivity contribution in [1.82, 2.24) is 10.6 Å². The maximum Gasteiger partial charge on any atom is 0.246 e. The van der Waals surface area contributed by atoms with E-state index >= 15 is 0 Å². The fourth-order valence-corrected chi connectivity index (χ4v) is 1.89. The van der Waals surface area contributed by atoms with Gasteiger partial charge in [0.1, 0.15) is 0 Å². The summed E-state index contributed by atoms with van der Waals surface area (Å²) >= 11 is 0. The first-order chi connectivity index (χ1) is 6.77. The number of hydrogen-bond donors (Lipinski definition) is 1. The Balaban J connectivity index is 1.90. The van der Waals surface area contributed by atoms with Crippen molar-refractivity contribution in [3.05, 3.63) is 5.69 Å². The Hall–Kier alpha value is -1.10. The maximum atomic E-state index is 11.2. The van der Waals surface area contributed by atoms with Gasteiger partial charge in [0.05, 0.1) is 11.8 Å². The molecule has 1 N–H and O–H groups in total. The Morgan fingerprint density at radius 3 is 2.86 bits per heavy atom. The molecule has 1 aliphatic carbocycles. The van der Waals surface area contributed by atoms with Crippen LogP contribution >= 0.6 is 0 Å². The van der Waals surface area contributed by atoms with Gasteiger partial charge < -0.3 is 14.9 Å². The van der Waals surface area contributed by atoms with Crippen LogP contribution in [0.4, 0.5) is 0 Å². The first kappa shape index (κ1) is 9.45. The summed E-state index contributed by atoms with van der Waals surface area (Å²) in [5, 5.41) is 18.1. The topological polar surface area (TPSA) is 65.0 Å². The normalized spacial score (nSPS) is 17.8. The average Bonchev–Trinajstić information content (AvgIpc) is 2.76. The molecule has 0 amide bonds. The lowest BCUT2D eigenvalue weighted by atomic mass is 10.2. The largest absolute Gasteiger partial charge is 0.539 e. The number of rotatable bonds is 3. The molecule has 5 heteroatoms. The fraction of sp³-hybridized carbons (Fsp3) is 0.778. The summed E-state index contributed by atoms with van der Waals surface area (Å²) in [6.07, 6.45) is 5.00. The molecule has 0 unspecified atom stereocenters. The van der Waals surface area contributed by atoms with Crippen molar-refractivity contribution in [2.75, 3.05) is 0 Å². The Bertz CT molecular complexity index is 286. The van der Waals surface area contributed by atoms with Crippen molar-refractivity contribution in [2.24, 2.45) is 7.05 Å². The molecule has 1 saturated carbocycles. The molecule has 0 aliphatic heterocycles. The number of aromatic nitrogens is 2. The molecule has 1 heterocycles. The average molecular weight is 197 g/mol. The summed E-state index contributed by atoms with van der Waals surface area (Å²) < 4.78 is 6.02. The van der Waals surface area contributed by atoms with E-state index < -0.39 is 0 Å². The number of nitrogens with one attached hydrogen (secondary N) is 1. The van der Waals surface area contributed by atoms with Crippen molar-refractivity contribution >= 4 is 0 Å². The molecule has 0 radical (unpaired) electrons. The predicted octanol–water partition coefficient (Wildman–Crippen LogP) is -0.395. The van der Waals surface area contributed by atoms with Gasteiger partial charge in [-0.15, -0.1) is 0 Å². The second-order valence-corrected chi connectivity index (χ2v) is 3.79. The smallest absolute Gasteiger partial charge is 0.246 e. The quantitative estimate of drug-likeness (QED) is 0.670. The van der Waals surface area contributed by atoms with E-state index in [9.17, 15) is 5.11 Å². The summed E-state index contributed by atoms with van der Waals surface area (Å²) in [5.74, 6) is -0.335. The Morgan fingerprint density at radius 2 is 2.29 bits per heavy atom. The highest BCUT2D eigenvalue weighted by atomic mass is 16.6. The maximum absolute atomic E-state index is 11.2. The number of aryl methyl sites for hydroxylation is 1. The van der Waals surface area contributed by atoms with Crippen LogP contribution < -0.4 is 15.1 Å². The zero-order valence-electron chi connectivity index (χ0n) is 8.32. The number of nitrogens with zero attached hydrogens (tertiary/aromatic N) is 2. The molecule has 2 rings (SSSR count). The molecular formula is C9H15N3O2. The minimum atomic E-state index is -0.335. The monoisotopic (exact) mass is 197 g/mol. The van der Waals surface area contributed by atoms with E-state index in [0.29, 0.717) is 18.3 Å². The lowest BCUT2D eigenvalue weighted by molar-refractivity contribution is -0.746. The molecule has 1 fully saturated rings. The molecule has 1 aliphatic rings. The Morgan fingerprint density at radius 1 is 1.57 bits per heavy atom. The highest BCUT2D eigenvalue weighted by molar-refractivity contribution is 5.02. The van der Waals surface area contributed by atoms with Gasteiger partial charge in [-0.2, -0.15) is 0 Å². The molecule has 0 saturated heterocycles. The van der Waals surface area contributed by atoms with E-state index in [2.05, 4.69) is 15.1 Å². The molecule has 0 atom stereocenters. The molecule has 0 spiro atoms. The third-order valence-electron chi connectivity index (χ3n) is 2.79. The highest BCUT2D eigenvalue weighted by Gasteiger charge is 2.18. The summed E-state index contributed by atoms with van der Waals surface area (Å²) in [6, 6.07) is 0.560. The van der Waals surface area contributed by atoms with Crippen molar-refractivity contribution in [1.29, 1.82) is 0 Å². The second-order valence-electron chi connectivity index (χ2n) is 3.79. The van der Waals surface area contributed by atoms with E-state index in [-0.39, 0.29) is 5.95 Å². The van der Waals surface area contributed by atoms with Gasteiger partial charge in [-0.05, 0) is 12.8 Å². The molecule has 14 heavy (non-hydrogen) atoms. The van der Waals surface area contributed by atoms with Gasteiger partial charge in [0.15, 0.2) is 13.0 Å². The van der Waals surface area contributed by atoms with Crippen molar-refractivity contribution in [3.63, 3.8) is 0 Å². The summed E-state index contributed by atoms with van der Waals surface area (Å²) in [5.41, 5.74) is 0.594. The minimum Gasteiger partial charge on any atom is -0.539 e. The Labute approximate surface area is 82.7 Å². The van der Waals surface area contributed by atoms with Crippen molar-refractivity contribution < 1.29 is 14.3 Å². The lowest BCUT2D eigenvalue weighted by Gasteiger charge is -2.08. The molecule has 1 aromatic heterocycles. The lowest BCUT2D eigenvalue weighted by Crippen LogP contribution is -2.38. The predicted molar refractivity (Wildman–Crippen MR) is 46.2 cm³/mol. The van der Waals surface area contributed by atoms with Crippen molar-refractivity contribution in [3.8, 4) is 5.95 Å². The van der Waals surface area contributed by atoms with E-state index in [1.165, 1.54) is 30.4 Å². The number of hydrogen-bond acceptors (Lipinski definition) is 4. The highest BCUT2D eigenvalue weighted by Crippen LogP contribution is 2.18. The Kier molecular flexibility index (Phi) is 2.67. The van der Waals surface area contributed by atoms with E-state index in [0.717, 1.165) is 0 Å². The van der Waals surface area contributed by atoms with Crippen LogP contribution in [0.15, 0.2) is 4.52 Å². The molecule has 1 aromatic rings. The molecule has 5 nitrogen and oxygen atoms in total. The van der Waals surface area contributed by atoms with Gasteiger partial charge in [0, 0.05) is 6.04 Å². The standard InChI is InChI=1S/C9H15N3O2/c1-12-8(9(13)14-11-12)6-10-7-4-2-3-5-7/h7,10H,2-6H2,1H3. The molecule has 0 bridgehead atoms.